The number of nitrogens with one attached hydrogen (secondary N) is 2. The van der Waals surface area contributed by atoms with Gasteiger partial charge in [-0.25, -0.2) is 9.97 Å². The Kier molecular flexibility index (Phi) is 37.2. The van der Waals surface area contributed by atoms with Crippen LogP contribution in [-0.2, 0) is 19.1 Å². The maximum atomic E-state index is 11.9. The number of methoxy groups -OCH3 is 1. The minimum absolute atomic E-state index is 0. The number of esters is 1. The molecule has 3 atom stereocenters. The van der Waals surface area contributed by atoms with Gasteiger partial charge in [0.25, 0.3) is 0 Å². The molecule has 3 heterocycles. The van der Waals surface area contributed by atoms with Gasteiger partial charge >= 0.3 is 5.97 Å². The highest BCUT2D eigenvalue weighted by molar-refractivity contribution is 8.15. The van der Waals surface area contributed by atoms with Crippen molar-refractivity contribution in [2.24, 2.45) is 22.2 Å². The molecule has 19 nitrogen and oxygen atoms in total. The summed E-state index contributed by atoms with van der Waals surface area (Å²) in [4.78, 5) is 50.4. The second-order valence-corrected chi connectivity index (χ2v) is 15.9. The number of hydrogen-bond acceptors (Lipinski definition) is 22. The minimum atomic E-state index is -0.580. The Morgan fingerprint density at radius 1 is 0.889 bits per heavy atom. The number of amides is 2. The molecule has 25 heteroatoms. The molecule has 0 unspecified atom stereocenters. The molecule has 356 valence electrons. The van der Waals surface area contributed by atoms with E-state index in [1.807, 2.05) is 63.4 Å². The number of halogens is 1. The van der Waals surface area contributed by atoms with Crippen LogP contribution in [0.15, 0.2) is 41.4 Å². The topological polar surface area (TPSA) is 312 Å². The molecule has 0 saturated carbocycles. The van der Waals surface area contributed by atoms with E-state index < -0.39 is 24.1 Å². The van der Waals surface area contributed by atoms with Crippen LogP contribution in [0.25, 0.3) is 20.4 Å². The van der Waals surface area contributed by atoms with Gasteiger partial charge in [-0.05, 0) is 36.4 Å². The van der Waals surface area contributed by atoms with Crippen LogP contribution in [0.1, 0.15) is 17.4 Å². The summed E-state index contributed by atoms with van der Waals surface area (Å²) in [5, 5.41) is 47.8. The summed E-state index contributed by atoms with van der Waals surface area (Å²) in [6, 6.07) is 12.7. The Labute approximate surface area is 399 Å². The molecule has 0 fully saturated rings. The first-order chi connectivity index (χ1) is 29.1. The molecule has 0 saturated heterocycles. The Morgan fingerprint density at radius 3 is 1.81 bits per heavy atom. The lowest BCUT2D eigenvalue weighted by molar-refractivity contribution is -0.141. The molecule has 0 aliphatic carbocycles. The first-order valence-corrected chi connectivity index (χ1v) is 22.1. The molecule has 4 aromatic rings. The van der Waals surface area contributed by atoms with Gasteiger partial charge in [0.2, 0.25) is 11.8 Å². The van der Waals surface area contributed by atoms with Crippen molar-refractivity contribution in [3.63, 3.8) is 0 Å². The van der Waals surface area contributed by atoms with Gasteiger partial charge < -0.3 is 62.8 Å². The fourth-order valence-electron chi connectivity index (χ4n) is 4.06. The van der Waals surface area contributed by atoms with Crippen molar-refractivity contribution < 1.29 is 39.5 Å². The Morgan fingerprint density at radius 2 is 1.38 bits per heavy atom. The zero-order chi connectivity index (χ0) is 46.5. The SMILES string of the molecule is C.CN(C)c1ccc2nc(C#N)sc2c1.CN(C)c1ccc2nc(C3=N[C@@H](C(=O)NCCO)CS3)sc2c1.CO.COC(=O)[C@H](N)CS.Cl.NCCO.N[C@H](CS)C(=O)NCCO. The standard InChI is InChI=1S/C15H18N4O2S2.C10H9N3S.C5H12N2O2S.C4H9NO2S.C2H7NO.CH4O.CH4.ClH/c1-19(2)9-3-4-10-12(7-9)23-15(17-10)14-18-11(8-22-14)13(21)16-5-6-20;1-13(2)7-3-4-8-9(5-7)14-10(6-11)12-8;6-4(3-10)5(9)7-1-2-8;1-7-4(6)3(5)2-8;3-1-2-4;1-2;;/h3-4,7,11,20H,5-6,8H2,1-2H3,(H,16,21);3-5H,1-2H3;4,8,10H,1-3,6H2,(H,7,9);3,8H,2,5H2,1H3;4H,1-3H2;2H,1H3;1H4;1H/t11-;;4-;3-;;;;/m1.11..../s1. The van der Waals surface area contributed by atoms with Crippen molar-refractivity contribution in [3.05, 3.63) is 46.4 Å². The number of nitrogens with zero attached hydrogens (tertiary/aromatic N) is 6. The van der Waals surface area contributed by atoms with Crippen LogP contribution in [-0.4, -0.2) is 170 Å². The van der Waals surface area contributed by atoms with Crippen LogP contribution < -0.4 is 37.6 Å². The molecule has 2 amide bonds. The second-order valence-electron chi connectivity index (χ2n) is 12.1. The highest BCUT2D eigenvalue weighted by Gasteiger charge is 2.27. The number of thiol groups is 2. The van der Waals surface area contributed by atoms with Crippen molar-refractivity contribution in [1.82, 2.24) is 20.6 Å². The third kappa shape index (κ3) is 23.8. The van der Waals surface area contributed by atoms with E-state index in [0.717, 1.165) is 49.0 Å². The number of carbonyl (C=O) groups excluding carboxylic acids is 3. The highest BCUT2D eigenvalue weighted by atomic mass is 35.5. The molecule has 2 aromatic carbocycles. The molecule has 0 radical (unpaired) electrons. The molecule has 5 rings (SSSR count). The van der Waals surface area contributed by atoms with Gasteiger partial charge in [0, 0.05) is 83.6 Å². The lowest BCUT2D eigenvalue weighted by Gasteiger charge is -2.11. The molecule has 0 spiro atoms. The van der Waals surface area contributed by atoms with Crippen LogP contribution >= 0.6 is 72.1 Å². The van der Waals surface area contributed by atoms with E-state index in [1.165, 1.54) is 18.4 Å². The van der Waals surface area contributed by atoms with Crippen LogP contribution in [0.5, 0.6) is 0 Å². The van der Waals surface area contributed by atoms with E-state index in [2.05, 4.69) is 72.6 Å². The zero-order valence-electron chi connectivity index (χ0n) is 35.4. The van der Waals surface area contributed by atoms with Gasteiger partial charge in [0.1, 0.15) is 28.2 Å². The predicted octanol–water partition coefficient (Wildman–Crippen LogP) is 0.939. The van der Waals surface area contributed by atoms with E-state index >= 15 is 0 Å². The number of rotatable bonds is 13. The lowest BCUT2D eigenvalue weighted by atomic mass is 10.3. The van der Waals surface area contributed by atoms with E-state index in [0.29, 0.717) is 28.8 Å². The number of aliphatic hydroxyl groups excluding tert-OH is 4. The minimum Gasteiger partial charge on any atom is -0.468 e. The lowest BCUT2D eigenvalue weighted by Crippen LogP contribution is -2.42. The number of aliphatic imine (C=N–C) groups is 1. The monoisotopic (exact) mass is 997 g/mol. The predicted molar refractivity (Wildman–Crippen MR) is 270 cm³/mol. The van der Waals surface area contributed by atoms with Crippen molar-refractivity contribution in [1.29, 1.82) is 5.26 Å². The Balaban J connectivity index is -0.000000777. The average molecular weight is 999 g/mol. The maximum absolute atomic E-state index is 11.9. The molecule has 2 aromatic heterocycles. The number of benzene rings is 2. The number of anilines is 2. The number of carbonyl (C=O) groups is 3. The molecular weight excluding hydrogens is 934 g/mol. The number of aliphatic hydroxyl groups is 4. The smallest absolute Gasteiger partial charge is 0.323 e. The number of aromatic nitrogens is 2. The average Bonchev–Trinajstić information content (AvgIpc) is 4.06. The van der Waals surface area contributed by atoms with Crippen molar-refractivity contribution in [3.8, 4) is 6.07 Å². The van der Waals surface area contributed by atoms with Gasteiger partial charge in [-0.3, -0.25) is 19.4 Å². The van der Waals surface area contributed by atoms with Gasteiger partial charge in [-0.2, -0.15) is 30.5 Å². The summed E-state index contributed by atoms with van der Waals surface area (Å²) in [7, 11) is 10.3. The van der Waals surface area contributed by atoms with Crippen LogP contribution in [0, 0.1) is 11.3 Å². The molecule has 63 heavy (non-hydrogen) atoms. The van der Waals surface area contributed by atoms with E-state index in [9.17, 15) is 14.4 Å². The van der Waals surface area contributed by atoms with E-state index in [1.54, 1.807) is 23.1 Å². The fourth-order valence-corrected chi connectivity index (χ4v) is 7.28. The number of nitrogens with two attached hydrogens (primary N) is 3. The maximum Gasteiger partial charge on any atom is 0.323 e. The molecular formula is C38H64ClN11O8S5. The Bertz CT molecular complexity index is 1970. The summed E-state index contributed by atoms with van der Waals surface area (Å²) >= 11 is 12.2. The van der Waals surface area contributed by atoms with Crippen molar-refractivity contribution in [2.75, 3.05) is 109 Å². The number of thioether (sulfide) groups is 1. The van der Waals surface area contributed by atoms with Crippen LogP contribution in [0.4, 0.5) is 11.4 Å². The largest absolute Gasteiger partial charge is 0.468 e. The molecule has 1 aliphatic heterocycles. The van der Waals surface area contributed by atoms with Gasteiger partial charge in [-0.1, -0.05) is 7.43 Å². The summed E-state index contributed by atoms with van der Waals surface area (Å²) in [6.07, 6.45) is 0. The summed E-state index contributed by atoms with van der Waals surface area (Å²) in [5.74, 6) is 0.427. The third-order valence-electron chi connectivity index (χ3n) is 7.19. The highest BCUT2D eigenvalue weighted by Crippen LogP contribution is 2.31. The first-order valence-electron chi connectivity index (χ1n) is 18.2. The molecule has 1 aliphatic rings. The van der Waals surface area contributed by atoms with Gasteiger partial charge in [0.05, 0.1) is 53.4 Å². The third-order valence-corrected chi connectivity index (χ3v) is 11.1. The number of fused-ring (bicyclic) bond motifs is 2. The zero-order valence-corrected chi connectivity index (χ0v) is 40.5. The van der Waals surface area contributed by atoms with Crippen LogP contribution in [0.3, 0.4) is 0 Å². The van der Waals surface area contributed by atoms with Gasteiger partial charge in [0.15, 0.2) is 5.01 Å². The van der Waals surface area contributed by atoms with Crippen molar-refractivity contribution in [2.45, 2.75) is 25.6 Å². The van der Waals surface area contributed by atoms with E-state index in [4.69, 9.17) is 42.9 Å². The summed E-state index contributed by atoms with van der Waals surface area (Å²) in [6.45, 7) is 0.860. The van der Waals surface area contributed by atoms with Crippen LogP contribution in [0.2, 0.25) is 0 Å². The van der Waals surface area contributed by atoms with Gasteiger partial charge in [-0.15, -0.1) is 46.8 Å². The Hall–Kier alpha value is -3.55. The normalized spacial score (nSPS) is 12.8. The first kappa shape index (κ1) is 63.7. The van der Waals surface area contributed by atoms with Crippen molar-refractivity contribution >= 4 is 127 Å². The molecule has 12 N–H and O–H groups in total. The quantitative estimate of drug-likeness (QED) is 0.0656. The summed E-state index contributed by atoms with van der Waals surface area (Å²) < 4.78 is 6.47. The second kappa shape index (κ2) is 36.8. The fraction of sp³-hybridized carbons (Fsp3) is 0.500. The number of hydrogen-bond donors (Lipinski definition) is 11. The summed E-state index contributed by atoms with van der Waals surface area (Å²) in [5.41, 5.74) is 19.4. The molecule has 0 bridgehead atoms. The van der Waals surface area contributed by atoms with E-state index in [-0.39, 0.29) is 64.6 Å². The number of ether oxygens (including phenoxy) is 1. The number of nitriles is 1. The number of thiazole rings is 2.